The van der Waals surface area contributed by atoms with Crippen LogP contribution in [0.3, 0.4) is 0 Å². The molecule has 160 valence electrons. The Morgan fingerprint density at radius 1 is 1.03 bits per heavy atom. The lowest BCUT2D eigenvalue weighted by molar-refractivity contribution is -0.0440. The third-order valence-corrected chi connectivity index (χ3v) is 6.88. The summed E-state index contributed by atoms with van der Waals surface area (Å²) in [5.74, 6) is 1.05. The maximum Gasteiger partial charge on any atom is 0.251 e. The molecule has 0 bridgehead atoms. The standard InChI is InChI=1S/C21H24N2O6S/c1-14-11-23(12-15(2)29-14)30(25,26)18-6-4-17(5-7-18)21(24)22-10-16-3-8-19-20(9-16)28-13-27-19/h3-9,14-15H,10-13H2,1-2H3,(H,22,24)/t14-,15-/m1/s1. The fourth-order valence-corrected chi connectivity index (χ4v) is 5.18. The van der Waals surface area contributed by atoms with Gasteiger partial charge in [-0.15, -0.1) is 0 Å². The highest BCUT2D eigenvalue weighted by molar-refractivity contribution is 7.89. The molecule has 0 unspecified atom stereocenters. The van der Waals surface area contributed by atoms with Crippen molar-refractivity contribution in [3.63, 3.8) is 0 Å². The number of morpholine rings is 1. The van der Waals surface area contributed by atoms with Crippen molar-refractivity contribution in [2.24, 2.45) is 0 Å². The normalized spacial score (nSPS) is 21.4. The number of nitrogens with zero attached hydrogens (tertiary/aromatic N) is 1. The Morgan fingerprint density at radius 3 is 2.40 bits per heavy atom. The van der Waals surface area contributed by atoms with Gasteiger partial charge in [0.1, 0.15) is 0 Å². The van der Waals surface area contributed by atoms with Gasteiger partial charge in [0.05, 0.1) is 17.1 Å². The lowest BCUT2D eigenvalue weighted by atomic mass is 10.2. The number of rotatable bonds is 5. The van der Waals surface area contributed by atoms with E-state index in [9.17, 15) is 13.2 Å². The van der Waals surface area contributed by atoms with Gasteiger partial charge in [0, 0.05) is 25.2 Å². The van der Waals surface area contributed by atoms with Crippen molar-refractivity contribution in [2.75, 3.05) is 19.9 Å². The largest absolute Gasteiger partial charge is 0.454 e. The number of benzene rings is 2. The summed E-state index contributed by atoms with van der Waals surface area (Å²) in [4.78, 5) is 12.6. The van der Waals surface area contributed by atoms with Gasteiger partial charge in [-0.1, -0.05) is 6.07 Å². The molecule has 9 heteroatoms. The van der Waals surface area contributed by atoms with Crippen molar-refractivity contribution in [3.05, 3.63) is 53.6 Å². The Morgan fingerprint density at radius 2 is 1.70 bits per heavy atom. The molecule has 2 aliphatic heterocycles. The van der Waals surface area contributed by atoms with Gasteiger partial charge in [-0.25, -0.2) is 8.42 Å². The molecule has 0 aliphatic carbocycles. The molecule has 8 nitrogen and oxygen atoms in total. The number of amides is 1. The van der Waals surface area contributed by atoms with Crippen molar-refractivity contribution < 1.29 is 27.4 Å². The molecule has 4 rings (SSSR count). The number of nitrogens with one attached hydrogen (secondary N) is 1. The van der Waals surface area contributed by atoms with E-state index < -0.39 is 10.0 Å². The summed E-state index contributed by atoms with van der Waals surface area (Å²) in [5.41, 5.74) is 1.26. The van der Waals surface area contributed by atoms with Crippen LogP contribution >= 0.6 is 0 Å². The molecule has 1 N–H and O–H groups in total. The van der Waals surface area contributed by atoms with Crippen LogP contribution in [0.1, 0.15) is 29.8 Å². The van der Waals surface area contributed by atoms with Crippen LogP contribution in [0.2, 0.25) is 0 Å². The minimum absolute atomic E-state index is 0.162. The minimum atomic E-state index is -3.64. The molecule has 0 aromatic heterocycles. The SMILES string of the molecule is C[C@@H]1CN(S(=O)(=O)c2ccc(C(=O)NCc3ccc4c(c3)OCO4)cc2)C[C@@H](C)O1. The number of hydrogen-bond acceptors (Lipinski definition) is 6. The molecule has 2 aromatic rings. The van der Waals surface area contributed by atoms with Gasteiger partial charge in [0.25, 0.3) is 5.91 Å². The van der Waals surface area contributed by atoms with E-state index in [1.807, 2.05) is 26.0 Å². The molecule has 1 saturated heterocycles. The quantitative estimate of drug-likeness (QED) is 0.778. The molecule has 1 fully saturated rings. The van der Waals surface area contributed by atoms with Crippen molar-refractivity contribution in [3.8, 4) is 11.5 Å². The van der Waals surface area contributed by atoms with Crippen LogP contribution < -0.4 is 14.8 Å². The number of fused-ring (bicyclic) bond motifs is 1. The van der Waals surface area contributed by atoms with Crippen LogP contribution in [0.25, 0.3) is 0 Å². The molecule has 2 atom stereocenters. The molecule has 30 heavy (non-hydrogen) atoms. The van der Waals surface area contributed by atoms with E-state index in [0.717, 1.165) is 5.56 Å². The molecule has 0 spiro atoms. The minimum Gasteiger partial charge on any atom is -0.454 e. The molecule has 2 heterocycles. The first-order chi connectivity index (χ1) is 14.3. The Bertz CT molecular complexity index is 1030. The van der Waals surface area contributed by atoms with E-state index >= 15 is 0 Å². The first-order valence-corrected chi connectivity index (χ1v) is 11.2. The Balaban J connectivity index is 1.40. The van der Waals surface area contributed by atoms with Crippen LogP contribution in [-0.2, 0) is 21.3 Å². The number of carbonyl (C=O) groups excluding carboxylic acids is 1. The second-order valence-electron chi connectivity index (χ2n) is 7.47. The van der Waals surface area contributed by atoms with E-state index in [1.54, 1.807) is 6.07 Å². The molecular formula is C21H24N2O6S. The van der Waals surface area contributed by atoms with Crippen LogP contribution in [0.5, 0.6) is 11.5 Å². The fourth-order valence-electron chi connectivity index (χ4n) is 3.59. The smallest absolute Gasteiger partial charge is 0.251 e. The van der Waals surface area contributed by atoms with E-state index in [2.05, 4.69) is 5.32 Å². The summed E-state index contributed by atoms with van der Waals surface area (Å²) < 4.78 is 43.5. The van der Waals surface area contributed by atoms with Crippen molar-refractivity contribution in [1.29, 1.82) is 0 Å². The van der Waals surface area contributed by atoms with Gasteiger partial charge >= 0.3 is 0 Å². The van der Waals surface area contributed by atoms with E-state index in [0.29, 0.717) is 36.7 Å². The highest BCUT2D eigenvalue weighted by atomic mass is 32.2. The second-order valence-corrected chi connectivity index (χ2v) is 9.41. The average molecular weight is 432 g/mol. The molecule has 2 aromatic carbocycles. The van der Waals surface area contributed by atoms with E-state index in [-0.39, 0.29) is 29.8 Å². The van der Waals surface area contributed by atoms with Crippen molar-refractivity contribution >= 4 is 15.9 Å². The first-order valence-electron chi connectivity index (χ1n) is 9.75. The zero-order valence-corrected chi connectivity index (χ0v) is 17.6. The van der Waals surface area contributed by atoms with Crippen LogP contribution in [0.4, 0.5) is 0 Å². The zero-order chi connectivity index (χ0) is 21.3. The Hall–Kier alpha value is -2.62. The number of ether oxygens (including phenoxy) is 3. The van der Waals surface area contributed by atoms with Gasteiger partial charge in [0.15, 0.2) is 11.5 Å². The zero-order valence-electron chi connectivity index (χ0n) is 16.8. The monoisotopic (exact) mass is 432 g/mol. The summed E-state index contributed by atoms with van der Waals surface area (Å²) >= 11 is 0. The van der Waals surface area contributed by atoms with Crippen molar-refractivity contribution in [1.82, 2.24) is 9.62 Å². The van der Waals surface area contributed by atoms with E-state index in [4.69, 9.17) is 14.2 Å². The van der Waals surface area contributed by atoms with Gasteiger partial charge in [-0.3, -0.25) is 4.79 Å². The Kier molecular flexibility index (Phi) is 5.68. The first kappa shape index (κ1) is 20.6. The molecular weight excluding hydrogens is 408 g/mol. The predicted molar refractivity (Wildman–Crippen MR) is 109 cm³/mol. The molecule has 0 radical (unpaired) electrons. The van der Waals surface area contributed by atoms with E-state index in [1.165, 1.54) is 28.6 Å². The highest BCUT2D eigenvalue weighted by Crippen LogP contribution is 2.32. The summed E-state index contributed by atoms with van der Waals surface area (Å²) in [7, 11) is -3.64. The predicted octanol–water partition coefficient (Wildman–Crippen LogP) is 2.14. The van der Waals surface area contributed by atoms with Crippen LogP contribution in [0, 0.1) is 0 Å². The van der Waals surface area contributed by atoms with Gasteiger partial charge in [-0.2, -0.15) is 4.31 Å². The van der Waals surface area contributed by atoms with Crippen molar-refractivity contribution in [2.45, 2.75) is 37.5 Å². The summed E-state index contributed by atoms with van der Waals surface area (Å²) in [6.07, 6.45) is -0.325. The average Bonchev–Trinajstić information content (AvgIpc) is 3.19. The number of carbonyl (C=O) groups is 1. The third kappa shape index (κ3) is 4.28. The summed E-state index contributed by atoms with van der Waals surface area (Å²) in [6.45, 7) is 4.84. The van der Waals surface area contributed by atoms with Gasteiger partial charge < -0.3 is 19.5 Å². The lowest BCUT2D eigenvalue weighted by Gasteiger charge is -2.34. The molecule has 2 aliphatic rings. The number of hydrogen-bond donors (Lipinski definition) is 1. The van der Waals surface area contributed by atoms with Gasteiger partial charge in [0.2, 0.25) is 16.8 Å². The van der Waals surface area contributed by atoms with Crippen LogP contribution in [-0.4, -0.2) is 50.7 Å². The number of sulfonamides is 1. The topological polar surface area (TPSA) is 94.2 Å². The maximum absolute atomic E-state index is 12.9. The lowest BCUT2D eigenvalue weighted by Crippen LogP contribution is -2.48. The Labute approximate surface area is 175 Å². The molecule has 1 amide bonds. The third-order valence-electron chi connectivity index (χ3n) is 5.03. The summed E-state index contributed by atoms with van der Waals surface area (Å²) in [5, 5.41) is 2.83. The highest BCUT2D eigenvalue weighted by Gasteiger charge is 2.32. The fraction of sp³-hybridized carbons (Fsp3) is 0.381. The maximum atomic E-state index is 12.9. The molecule has 0 saturated carbocycles. The van der Waals surface area contributed by atoms with Crippen LogP contribution in [0.15, 0.2) is 47.4 Å². The van der Waals surface area contributed by atoms with Gasteiger partial charge in [-0.05, 0) is 55.8 Å². The second kappa shape index (κ2) is 8.25. The summed E-state index contributed by atoms with van der Waals surface area (Å²) in [6, 6.07) is 11.5.